The van der Waals surface area contributed by atoms with E-state index in [9.17, 15) is 8.42 Å². The van der Waals surface area contributed by atoms with Crippen molar-refractivity contribution in [3.63, 3.8) is 0 Å². The molecule has 118 valence electrons. The number of hydrogen-bond donors (Lipinski definition) is 2. The molecule has 1 unspecified atom stereocenters. The third kappa shape index (κ3) is 5.09. The molecule has 1 aromatic rings. The highest BCUT2D eigenvalue weighted by molar-refractivity contribution is 7.89. The third-order valence-electron chi connectivity index (χ3n) is 3.96. The number of benzene rings is 1. The molecule has 0 amide bonds. The van der Waals surface area contributed by atoms with Gasteiger partial charge >= 0.3 is 0 Å². The lowest BCUT2D eigenvalue weighted by Crippen LogP contribution is -2.25. The summed E-state index contributed by atoms with van der Waals surface area (Å²) < 4.78 is 27.3. The first-order valence-electron chi connectivity index (χ1n) is 7.86. The van der Waals surface area contributed by atoms with E-state index in [2.05, 4.69) is 10.0 Å². The van der Waals surface area contributed by atoms with Crippen LogP contribution in [0.2, 0.25) is 0 Å². The van der Waals surface area contributed by atoms with E-state index < -0.39 is 10.0 Å². The van der Waals surface area contributed by atoms with Crippen LogP contribution in [0.1, 0.15) is 51.1 Å². The maximum atomic E-state index is 12.3. The molecule has 2 rings (SSSR count). The first kappa shape index (κ1) is 16.5. The Hall–Kier alpha value is -0.910. The van der Waals surface area contributed by atoms with Gasteiger partial charge < -0.3 is 5.32 Å². The van der Waals surface area contributed by atoms with E-state index in [-0.39, 0.29) is 6.04 Å². The lowest BCUT2D eigenvalue weighted by molar-refractivity contribution is 0.571. The van der Waals surface area contributed by atoms with Gasteiger partial charge in [-0.3, -0.25) is 0 Å². The van der Waals surface area contributed by atoms with Crippen molar-refractivity contribution in [1.82, 2.24) is 10.0 Å². The van der Waals surface area contributed by atoms with Gasteiger partial charge in [0, 0.05) is 12.6 Å². The fraction of sp³-hybridized carbons (Fsp3) is 0.625. The van der Waals surface area contributed by atoms with E-state index in [1.54, 1.807) is 12.1 Å². The van der Waals surface area contributed by atoms with Crippen LogP contribution in [0.25, 0.3) is 0 Å². The van der Waals surface area contributed by atoms with Crippen LogP contribution in [0.5, 0.6) is 0 Å². The summed E-state index contributed by atoms with van der Waals surface area (Å²) in [5.41, 5.74) is 0.998. The van der Waals surface area contributed by atoms with E-state index in [1.807, 2.05) is 26.0 Å². The molecular formula is C16H26N2O2S. The molecule has 0 heterocycles. The monoisotopic (exact) mass is 310 g/mol. The standard InChI is InChI=1S/C16H26N2O2S/c1-3-17-13(2)15-7-4-8-16(12-15)21(19,20)18-11-5-6-14-9-10-14/h4,7-8,12-14,17-18H,3,5-6,9-11H2,1-2H3. The van der Waals surface area contributed by atoms with E-state index >= 15 is 0 Å². The highest BCUT2D eigenvalue weighted by atomic mass is 32.2. The Balaban J connectivity index is 1.95. The minimum atomic E-state index is -3.39. The molecule has 0 aliphatic heterocycles. The molecule has 0 aromatic heterocycles. The molecule has 1 fully saturated rings. The molecule has 0 spiro atoms. The summed E-state index contributed by atoms with van der Waals surface area (Å²) in [5, 5.41) is 3.30. The molecule has 0 saturated heterocycles. The van der Waals surface area contributed by atoms with Crippen molar-refractivity contribution in [3.8, 4) is 0 Å². The van der Waals surface area contributed by atoms with Gasteiger partial charge in [-0.2, -0.15) is 0 Å². The lowest BCUT2D eigenvalue weighted by Gasteiger charge is -2.14. The van der Waals surface area contributed by atoms with E-state index in [0.29, 0.717) is 11.4 Å². The fourth-order valence-corrected chi connectivity index (χ4v) is 3.59. The van der Waals surface area contributed by atoms with Gasteiger partial charge in [0.05, 0.1) is 4.90 Å². The normalized spacial score (nSPS) is 16.9. The van der Waals surface area contributed by atoms with Crippen LogP contribution in [-0.4, -0.2) is 21.5 Å². The minimum Gasteiger partial charge on any atom is -0.310 e. The van der Waals surface area contributed by atoms with Crippen LogP contribution in [0, 0.1) is 5.92 Å². The van der Waals surface area contributed by atoms with Gasteiger partial charge in [-0.15, -0.1) is 0 Å². The van der Waals surface area contributed by atoms with Crippen LogP contribution in [-0.2, 0) is 10.0 Å². The summed E-state index contributed by atoms with van der Waals surface area (Å²) in [5.74, 6) is 0.846. The van der Waals surface area contributed by atoms with Gasteiger partial charge in [-0.25, -0.2) is 13.1 Å². The molecular weight excluding hydrogens is 284 g/mol. The predicted octanol–water partition coefficient (Wildman–Crippen LogP) is 2.83. The number of rotatable bonds is 9. The van der Waals surface area contributed by atoms with Gasteiger partial charge in [0.15, 0.2) is 0 Å². The first-order chi connectivity index (χ1) is 10.0. The number of nitrogens with one attached hydrogen (secondary N) is 2. The zero-order valence-electron chi connectivity index (χ0n) is 12.9. The highest BCUT2D eigenvalue weighted by Crippen LogP contribution is 2.33. The topological polar surface area (TPSA) is 58.2 Å². The highest BCUT2D eigenvalue weighted by Gasteiger charge is 2.21. The van der Waals surface area contributed by atoms with Crippen molar-refractivity contribution in [1.29, 1.82) is 0 Å². The quantitative estimate of drug-likeness (QED) is 0.690. The average molecular weight is 310 g/mol. The Labute approximate surface area is 128 Å². The largest absolute Gasteiger partial charge is 0.310 e. The van der Waals surface area contributed by atoms with Gasteiger partial charge in [-0.1, -0.05) is 31.9 Å². The van der Waals surface area contributed by atoms with Crippen molar-refractivity contribution >= 4 is 10.0 Å². The summed E-state index contributed by atoms with van der Waals surface area (Å²) in [6.45, 7) is 5.47. The summed E-state index contributed by atoms with van der Waals surface area (Å²) in [6, 6.07) is 7.34. The zero-order valence-corrected chi connectivity index (χ0v) is 13.7. The Morgan fingerprint density at radius 2 is 2.10 bits per heavy atom. The van der Waals surface area contributed by atoms with Crippen molar-refractivity contribution in [2.24, 2.45) is 5.92 Å². The third-order valence-corrected chi connectivity index (χ3v) is 5.42. The summed E-state index contributed by atoms with van der Waals surface area (Å²) in [4.78, 5) is 0.358. The Morgan fingerprint density at radius 3 is 2.76 bits per heavy atom. The van der Waals surface area contributed by atoms with E-state index in [0.717, 1.165) is 30.9 Å². The molecule has 1 aliphatic rings. The van der Waals surface area contributed by atoms with Crippen LogP contribution in [0.15, 0.2) is 29.2 Å². The second-order valence-electron chi connectivity index (χ2n) is 5.84. The first-order valence-corrected chi connectivity index (χ1v) is 9.34. The second kappa shape index (κ2) is 7.38. The van der Waals surface area contributed by atoms with E-state index in [4.69, 9.17) is 0 Å². The van der Waals surface area contributed by atoms with E-state index in [1.165, 1.54) is 12.8 Å². The molecule has 1 aromatic carbocycles. The fourth-order valence-electron chi connectivity index (χ4n) is 2.46. The average Bonchev–Trinajstić information content (AvgIpc) is 3.28. The molecule has 0 bridgehead atoms. The van der Waals surface area contributed by atoms with Gasteiger partial charge in [0.2, 0.25) is 10.0 Å². The predicted molar refractivity (Wildman–Crippen MR) is 85.7 cm³/mol. The van der Waals surface area contributed by atoms with Crippen molar-refractivity contribution in [2.45, 2.75) is 50.5 Å². The molecule has 1 aliphatic carbocycles. The van der Waals surface area contributed by atoms with Gasteiger partial charge in [0.25, 0.3) is 0 Å². The molecule has 21 heavy (non-hydrogen) atoms. The Bertz CT molecular complexity index is 553. The lowest BCUT2D eigenvalue weighted by atomic mass is 10.1. The number of sulfonamides is 1. The molecule has 1 atom stereocenters. The Morgan fingerprint density at radius 1 is 1.33 bits per heavy atom. The number of hydrogen-bond acceptors (Lipinski definition) is 3. The van der Waals surface area contributed by atoms with Crippen LogP contribution >= 0.6 is 0 Å². The molecule has 2 N–H and O–H groups in total. The van der Waals surface area contributed by atoms with Crippen molar-refractivity contribution in [2.75, 3.05) is 13.1 Å². The Kier molecular flexibility index (Phi) is 5.79. The zero-order chi connectivity index (χ0) is 15.3. The smallest absolute Gasteiger partial charge is 0.240 e. The summed E-state index contributed by atoms with van der Waals surface area (Å²) in [7, 11) is -3.39. The molecule has 5 heteroatoms. The minimum absolute atomic E-state index is 0.153. The van der Waals surface area contributed by atoms with Crippen LogP contribution in [0.4, 0.5) is 0 Å². The van der Waals surface area contributed by atoms with Crippen LogP contribution in [0.3, 0.4) is 0 Å². The summed E-state index contributed by atoms with van der Waals surface area (Å²) >= 11 is 0. The molecule has 1 saturated carbocycles. The maximum absolute atomic E-state index is 12.3. The van der Waals surface area contributed by atoms with Crippen molar-refractivity contribution in [3.05, 3.63) is 29.8 Å². The molecule has 4 nitrogen and oxygen atoms in total. The van der Waals surface area contributed by atoms with Gasteiger partial charge in [0.1, 0.15) is 0 Å². The SMILES string of the molecule is CCNC(C)c1cccc(S(=O)(=O)NCCCC2CC2)c1. The van der Waals surface area contributed by atoms with Crippen LogP contribution < -0.4 is 10.0 Å². The second-order valence-corrected chi connectivity index (χ2v) is 7.60. The summed E-state index contributed by atoms with van der Waals surface area (Å²) in [6.07, 6.45) is 4.70. The molecule has 0 radical (unpaired) electrons. The van der Waals surface area contributed by atoms with Gasteiger partial charge in [-0.05, 0) is 49.9 Å². The van der Waals surface area contributed by atoms with Crippen molar-refractivity contribution < 1.29 is 8.42 Å². The maximum Gasteiger partial charge on any atom is 0.240 e.